The molecule has 0 saturated heterocycles. The number of fused-ring (bicyclic) bond motifs is 1. The van der Waals surface area contributed by atoms with Gasteiger partial charge in [-0.05, 0) is 42.5 Å². The molecule has 0 radical (unpaired) electrons. The van der Waals surface area contributed by atoms with Crippen LogP contribution in [0, 0.1) is 11.3 Å². The number of esters is 1. The number of hydrogen-bond donors (Lipinski definition) is 1. The van der Waals surface area contributed by atoms with Gasteiger partial charge in [-0.15, -0.1) is 0 Å². The summed E-state index contributed by atoms with van der Waals surface area (Å²) in [6.07, 6.45) is 0. The molecule has 0 aliphatic rings. The second kappa shape index (κ2) is 8.93. The molecule has 0 unspecified atom stereocenters. The van der Waals surface area contributed by atoms with Crippen molar-refractivity contribution in [2.24, 2.45) is 0 Å². The fourth-order valence-electron chi connectivity index (χ4n) is 3.11. The van der Waals surface area contributed by atoms with Crippen LogP contribution < -0.4 is 10.9 Å². The molecule has 3 aromatic carbocycles. The highest BCUT2D eigenvalue weighted by atomic mass is 16.5. The van der Waals surface area contributed by atoms with Crippen LogP contribution in [-0.2, 0) is 9.53 Å². The molecule has 156 valence electrons. The number of hydrogen-bond acceptors (Lipinski definition) is 6. The summed E-state index contributed by atoms with van der Waals surface area (Å²) in [7, 11) is 0. The Labute approximate surface area is 182 Å². The number of para-hydroxylation sites is 1. The number of carbonyl (C=O) groups excluding carboxylic acids is 2. The SMILES string of the molecule is N#Cc1ccc(NC(=O)COC(=O)c2nn(-c3ccccc3)c(=O)c3ccccc23)cc1. The first kappa shape index (κ1) is 20.5. The molecule has 0 bridgehead atoms. The second-order valence-electron chi connectivity index (χ2n) is 6.76. The third kappa shape index (κ3) is 4.22. The Hall–Kier alpha value is -4.77. The first-order valence-corrected chi connectivity index (χ1v) is 9.61. The Bertz CT molecular complexity index is 1400. The standard InChI is InChI=1S/C24H16N4O4/c25-14-16-10-12-17(13-11-16)26-21(29)15-32-24(31)22-19-8-4-5-9-20(19)23(30)28(27-22)18-6-2-1-3-7-18/h1-13H,15H2,(H,26,29). The number of carbonyl (C=O) groups is 2. The van der Waals surface area contributed by atoms with Crippen molar-refractivity contribution >= 4 is 28.3 Å². The molecular weight excluding hydrogens is 408 g/mol. The predicted octanol–water partition coefficient (Wildman–Crippen LogP) is 3.05. The lowest BCUT2D eigenvalue weighted by Gasteiger charge is -2.11. The zero-order valence-corrected chi connectivity index (χ0v) is 16.7. The van der Waals surface area contributed by atoms with Crippen LogP contribution in [0.2, 0.25) is 0 Å². The van der Waals surface area contributed by atoms with E-state index in [1.165, 1.54) is 0 Å². The molecule has 1 aromatic heterocycles. The van der Waals surface area contributed by atoms with Gasteiger partial charge in [-0.2, -0.15) is 15.0 Å². The van der Waals surface area contributed by atoms with Gasteiger partial charge in [0, 0.05) is 11.1 Å². The van der Waals surface area contributed by atoms with E-state index in [4.69, 9.17) is 10.00 Å². The molecule has 1 heterocycles. The third-order valence-corrected chi connectivity index (χ3v) is 4.63. The van der Waals surface area contributed by atoms with E-state index in [1.807, 2.05) is 6.07 Å². The molecule has 8 nitrogen and oxygen atoms in total. The lowest BCUT2D eigenvalue weighted by atomic mass is 10.1. The summed E-state index contributed by atoms with van der Waals surface area (Å²) in [5.74, 6) is -1.38. The van der Waals surface area contributed by atoms with Crippen molar-refractivity contribution < 1.29 is 14.3 Å². The summed E-state index contributed by atoms with van der Waals surface area (Å²) < 4.78 is 6.30. The van der Waals surface area contributed by atoms with Crippen LogP contribution in [0.4, 0.5) is 5.69 Å². The monoisotopic (exact) mass is 424 g/mol. The van der Waals surface area contributed by atoms with Crippen molar-refractivity contribution in [1.29, 1.82) is 5.26 Å². The van der Waals surface area contributed by atoms with E-state index in [2.05, 4.69) is 10.4 Å². The number of aromatic nitrogens is 2. The Morgan fingerprint density at radius 2 is 1.59 bits per heavy atom. The molecule has 0 spiro atoms. The van der Waals surface area contributed by atoms with Crippen LogP contribution in [0.3, 0.4) is 0 Å². The van der Waals surface area contributed by atoms with Gasteiger partial charge in [0.25, 0.3) is 11.5 Å². The van der Waals surface area contributed by atoms with E-state index >= 15 is 0 Å². The van der Waals surface area contributed by atoms with Gasteiger partial charge < -0.3 is 10.1 Å². The fourth-order valence-corrected chi connectivity index (χ4v) is 3.11. The first-order valence-electron chi connectivity index (χ1n) is 9.61. The summed E-state index contributed by atoms with van der Waals surface area (Å²) in [4.78, 5) is 37.8. The maximum Gasteiger partial charge on any atom is 0.359 e. The molecule has 1 amide bonds. The van der Waals surface area contributed by atoms with Gasteiger partial charge in [0.05, 0.1) is 22.7 Å². The molecule has 4 aromatic rings. The summed E-state index contributed by atoms with van der Waals surface area (Å²) in [6, 6.07) is 23.5. The largest absolute Gasteiger partial charge is 0.451 e. The molecule has 0 aliphatic carbocycles. The quantitative estimate of drug-likeness (QED) is 0.493. The Kier molecular flexibility index (Phi) is 5.72. The maximum atomic E-state index is 12.9. The van der Waals surface area contributed by atoms with Crippen LogP contribution in [0.15, 0.2) is 83.7 Å². The minimum atomic E-state index is -0.833. The van der Waals surface area contributed by atoms with Crippen LogP contribution >= 0.6 is 0 Å². The van der Waals surface area contributed by atoms with Gasteiger partial charge >= 0.3 is 5.97 Å². The number of rotatable bonds is 5. The highest BCUT2D eigenvalue weighted by molar-refractivity contribution is 6.03. The fraction of sp³-hybridized carbons (Fsp3) is 0.0417. The van der Waals surface area contributed by atoms with Crippen LogP contribution in [0.1, 0.15) is 16.1 Å². The Balaban J connectivity index is 1.58. The predicted molar refractivity (Wildman–Crippen MR) is 117 cm³/mol. The van der Waals surface area contributed by atoms with Gasteiger partial charge in [0.15, 0.2) is 12.3 Å². The third-order valence-electron chi connectivity index (χ3n) is 4.63. The average Bonchev–Trinajstić information content (AvgIpc) is 2.84. The molecule has 1 N–H and O–H groups in total. The summed E-state index contributed by atoms with van der Waals surface area (Å²) in [5.41, 5.74) is 0.972. The first-order chi connectivity index (χ1) is 15.6. The second-order valence-corrected chi connectivity index (χ2v) is 6.76. The smallest absolute Gasteiger partial charge is 0.359 e. The Morgan fingerprint density at radius 3 is 2.28 bits per heavy atom. The van der Waals surface area contributed by atoms with Crippen LogP contribution in [0.25, 0.3) is 16.5 Å². The number of nitrogens with zero attached hydrogens (tertiary/aromatic N) is 3. The van der Waals surface area contributed by atoms with Crippen LogP contribution in [-0.4, -0.2) is 28.3 Å². The number of amides is 1. The van der Waals surface area contributed by atoms with Gasteiger partial charge in [-0.3, -0.25) is 9.59 Å². The number of benzene rings is 3. The molecule has 4 rings (SSSR count). The van der Waals surface area contributed by atoms with E-state index in [1.54, 1.807) is 78.9 Å². The summed E-state index contributed by atoms with van der Waals surface area (Å²) >= 11 is 0. The average molecular weight is 424 g/mol. The highest BCUT2D eigenvalue weighted by Crippen LogP contribution is 2.16. The van der Waals surface area contributed by atoms with Crippen molar-refractivity contribution in [3.63, 3.8) is 0 Å². The molecule has 32 heavy (non-hydrogen) atoms. The minimum absolute atomic E-state index is 0.0739. The normalized spacial score (nSPS) is 10.3. The van der Waals surface area contributed by atoms with Crippen LogP contribution in [0.5, 0.6) is 0 Å². The minimum Gasteiger partial charge on any atom is -0.451 e. The summed E-state index contributed by atoms with van der Waals surface area (Å²) in [6.45, 7) is -0.542. The number of nitriles is 1. The molecule has 0 saturated carbocycles. The molecule has 8 heteroatoms. The van der Waals surface area contributed by atoms with Gasteiger partial charge in [0.2, 0.25) is 0 Å². The lowest BCUT2D eigenvalue weighted by Crippen LogP contribution is -2.26. The van der Waals surface area contributed by atoms with Gasteiger partial charge in [0.1, 0.15) is 0 Å². The van der Waals surface area contributed by atoms with Crippen molar-refractivity contribution in [3.8, 4) is 11.8 Å². The highest BCUT2D eigenvalue weighted by Gasteiger charge is 2.19. The van der Waals surface area contributed by atoms with E-state index < -0.39 is 18.5 Å². The Morgan fingerprint density at radius 1 is 0.938 bits per heavy atom. The number of nitrogens with one attached hydrogen (secondary N) is 1. The van der Waals surface area contributed by atoms with Crippen molar-refractivity contribution in [3.05, 3.63) is 100 Å². The van der Waals surface area contributed by atoms with E-state index in [0.29, 0.717) is 27.7 Å². The van der Waals surface area contributed by atoms with E-state index in [0.717, 1.165) is 4.68 Å². The molecule has 0 atom stereocenters. The maximum absolute atomic E-state index is 12.9. The zero-order valence-electron chi connectivity index (χ0n) is 16.7. The molecular formula is C24H16N4O4. The number of anilines is 1. The topological polar surface area (TPSA) is 114 Å². The van der Waals surface area contributed by atoms with Crippen molar-refractivity contribution in [2.75, 3.05) is 11.9 Å². The molecule has 0 fully saturated rings. The van der Waals surface area contributed by atoms with Gasteiger partial charge in [-0.25, -0.2) is 4.79 Å². The van der Waals surface area contributed by atoms with E-state index in [9.17, 15) is 14.4 Å². The van der Waals surface area contributed by atoms with Crippen molar-refractivity contribution in [1.82, 2.24) is 9.78 Å². The lowest BCUT2D eigenvalue weighted by molar-refractivity contribution is -0.119. The zero-order chi connectivity index (χ0) is 22.5. The van der Waals surface area contributed by atoms with E-state index in [-0.39, 0.29) is 11.3 Å². The van der Waals surface area contributed by atoms with Crippen molar-refractivity contribution in [2.45, 2.75) is 0 Å². The van der Waals surface area contributed by atoms with Gasteiger partial charge in [-0.1, -0.05) is 36.4 Å². The number of ether oxygens (including phenoxy) is 1. The molecule has 0 aliphatic heterocycles. The summed E-state index contributed by atoms with van der Waals surface area (Å²) in [5, 5.41) is 16.3.